The molecule has 0 aliphatic carbocycles. The zero-order valence-electron chi connectivity index (χ0n) is 10.2. The molecule has 0 unspecified atom stereocenters. The van der Waals surface area contributed by atoms with Crippen LogP contribution in [0, 0.1) is 0 Å². The summed E-state index contributed by atoms with van der Waals surface area (Å²) < 4.78 is 7.19. The van der Waals surface area contributed by atoms with Gasteiger partial charge in [-0.05, 0) is 12.8 Å². The van der Waals surface area contributed by atoms with Crippen LogP contribution in [0.4, 0.5) is 0 Å². The molecule has 0 bridgehead atoms. The second kappa shape index (κ2) is 6.86. The maximum absolute atomic E-state index is 5.85. The third kappa shape index (κ3) is 2.95. The van der Waals surface area contributed by atoms with Gasteiger partial charge in [-0.25, -0.2) is 0 Å². The first kappa shape index (κ1) is 13.5. The van der Waals surface area contributed by atoms with Gasteiger partial charge >= 0.3 is 0 Å². The molecular formula is C11H20ClN3O. The molecule has 0 spiro atoms. The van der Waals surface area contributed by atoms with Gasteiger partial charge in [0.05, 0.1) is 12.5 Å². The first-order valence-electron chi connectivity index (χ1n) is 5.75. The Labute approximate surface area is 102 Å². The molecular weight excluding hydrogens is 226 g/mol. The molecule has 0 aromatic carbocycles. The van der Waals surface area contributed by atoms with Crippen LogP contribution in [0.25, 0.3) is 0 Å². The molecule has 0 radical (unpaired) electrons. The van der Waals surface area contributed by atoms with Crippen molar-refractivity contribution in [2.24, 2.45) is 0 Å². The fraction of sp³-hybridized carbons (Fsp3) is 0.818. The molecule has 1 aromatic rings. The summed E-state index contributed by atoms with van der Waals surface area (Å²) in [6, 6.07) is 0. The van der Waals surface area contributed by atoms with Crippen LogP contribution < -0.4 is 0 Å². The fourth-order valence-electron chi connectivity index (χ4n) is 1.83. The van der Waals surface area contributed by atoms with Crippen LogP contribution >= 0.6 is 11.6 Å². The highest BCUT2D eigenvalue weighted by Crippen LogP contribution is 2.22. The predicted octanol–water partition coefficient (Wildman–Crippen LogP) is 2.57. The Morgan fingerprint density at radius 2 is 2.00 bits per heavy atom. The van der Waals surface area contributed by atoms with Crippen molar-refractivity contribution in [1.82, 2.24) is 14.8 Å². The Morgan fingerprint density at radius 3 is 2.50 bits per heavy atom. The topological polar surface area (TPSA) is 39.9 Å². The largest absolute Gasteiger partial charge is 0.383 e. The summed E-state index contributed by atoms with van der Waals surface area (Å²) in [6.07, 6.45) is 2.15. The number of nitrogens with zero attached hydrogens (tertiary/aromatic N) is 3. The molecule has 0 amide bonds. The number of ether oxygens (including phenoxy) is 1. The zero-order valence-corrected chi connectivity index (χ0v) is 11.0. The van der Waals surface area contributed by atoms with E-state index >= 15 is 0 Å². The first-order valence-corrected chi connectivity index (χ1v) is 6.28. The van der Waals surface area contributed by atoms with Gasteiger partial charge in [0.25, 0.3) is 0 Å². The number of aromatic nitrogens is 3. The molecule has 0 fully saturated rings. The fourth-order valence-corrected chi connectivity index (χ4v) is 2.03. The van der Waals surface area contributed by atoms with Crippen molar-refractivity contribution in [3.05, 3.63) is 11.6 Å². The molecule has 0 aliphatic rings. The molecule has 16 heavy (non-hydrogen) atoms. The van der Waals surface area contributed by atoms with Crippen molar-refractivity contribution < 1.29 is 4.74 Å². The van der Waals surface area contributed by atoms with Gasteiger partial charge in [-0.1, -0.05) is 13.8 Å². The van der Waals surface area contributed by atoms with Crippen LogP contribution in [0.5, 0.6) is 0 Å². The summed E-state index contributed by atoms with van der Waals surface area (Å²) in [7, 11) is 1.70. The highest BCUT2D eigenvalue weighted by Gasteiger charge is 2.17. The minimum Gasteiger partial charge on any atom is -0.383 e. The lowest BCUT2D eigenvalue weighted by molar-refractivity contribution is 0.185. The van der Waals surface area contributed by atoms with Crippen LogP contribution in [-0.2, 0) is 17.2 Å². The highest BCUT2D eigenvalue weighted by molar-refractivity contribution is 6.16. The summed E-state index contributed by atoms with van der Waals surface area (Å²) in [5.41, 5.74) is 0. The first-order chi connectivity index (χ1) is 7.78. The average molecular weight is 246 g/mol. The van der Waals surface area contributed by atoms with Gasteiger partial charge in [0.1, 0.15) is 11.6 Å². The number of rotatable bonds is 7. The molecule has 0 N–H and O–H groups in total. The van der Waals surface area contributed by atoms with Gasteiger partial charge in [-0.3, -0.25) is 0 Å². The van der Waals surface area contributed by atoms with E-state index in [9.17, 15) is 0 Å². The Balaban J connectivity index is 2.93. The summed E-state index contributed by atoms with van der Waals surface area (Å²) in [5.74, 6) is 2.73. The predicted molar refractivity (Wildman–Crippen MR) is 64.8 cm³/mol. The summed E-state index contributed by atoms with van der Waals surface area (Å²) in [6.45, 7) is 5.78. The van der Waals surface area contributed by atoms with E-state index in [1.165, 1.54) is 0 Å². The standard InChI is InChI=1S/C11H20ClN3O/c1-4-9(5-2)11-14-13-10(8-12)15(11)6-7-16-3/h9H,4-8H2,1-3H3. The Morgan fingerprint density at radius 1 is 1.31 bits per heavy atom. The quantitative estimate of drug-likeness (QED) is 0.694. The number of hydrogen-bond acceptors (Lipinski definition) is 3. The lowest BCUT2D eigenvalue weighted by Gasteiger charge is -2.14. The molecule has 0 aliphatic heterocycles. The second-order valence-electron chi connectivity index (χ2n) is 3.77. The molecule has 4 nitrogen and oxygen atoms in total. The number of alkyl halides is 1. The van der Waals surface area contributed by atoms with Crippen LogP contribution in [0.15, 0.2) is 0 Å². The maximum Gasteiger partial charge on any atom is 0.148 e. The minimum atomic E-state index is 0.400. The minimum absolute atomic E-state index is 0.400. The molecule has 0 saturated carbocycles. The van der Waals surface area contributed by atoms with Crippen LogP contribution in [0.1, 0.15) is 44.3 Å². The number of hydrogen-bond donors (Lipinski definition) is 0. The third-order valence-electron chi connectivity index (χ3n) is 2.85. The Kier molecular flexibility index (Phi) is 5.77. The van der Waals surface area contributed by atoms with E-state index in [4.69, 9.17) is 16.3 Å². The van der Waals surface area contributed by atoms with Gasteiger partial charge in [0.2, 0.25) is 0 Å². The normalized spacial score (nSPS) is 11.3. The molecule has 0 saturated heterocycles. The van der Waals surface area contributed by atoms with E-state index in [2.05, 4.69) is 28.6 Å². The highest BCUT2D eigenvalue weighted by atomic mass is 35.5. The third-order valence-corrected chi connectivity index (χ3v) is 3.08. The maximum atomic E-state index is 5.85. The van der Waals surface area contributed by atoms with Gasteiger partial charge in [0, 0.05) is 19.6 Å². The second-order valence-corrected chi connectivity index (χ2v) is 4.03. The van der Waals surface area contributed by atoms with Crippen LogP contribution in [-0.4, -0.2) is 28.5 Å². The molecule has 0 atom stereocenters. The monoisotopic (exact) mass is 245 g/mol. The SMILES string of the molecule is CCC(CC)c1nnc(CCl)n1CCOC. The van der Waals surface area contributed by atoms with E-state index in [1.807, 2.05) is 0 Å². The van der Waals surface area contributed by atoms with Gasteiger partial charge < -0.3 is 9.30 Å². The molecule has 92 valence electrons. The van der Waals surface area contributed by atoms with Crippen molar-refractivity contribution in [1.29, 1.82) is 0 Å². The van der Waals surface area contributed by atoms with Crippen LogP contribution in [0.3, 0.4) is 0 Å². The van der Waals surface area contributed by atoms with E-state index < -0.39 is 0 Å². The molecule has 1 heterocycles. The number of methoxy groups -OCH3 is 1. The number of halogens is 1. The van der Waals surface area contributed by atoms with Crippen molar-refractivity contribution >= 4 is 11.6 Å². The van der Waals surface area contributed by atoms with E-state index in [-0.39, 0.29) is 0 Å². The average Bonchev–Trinajstić information content (AvgIpc) is 2.71. The van der Waals surface area contributed by atoms with Crippen molar-refractivity contribution in [3.8, 4) is 0 Å². The van der Waals surface area contributed by atoms with E-state index in [0.29, 0.717) is 18.4 Å². The zero-order chi connectivity index (χ0) is 12.0. The molecule has 1 rings (SSSR count). The van der Waals surface area contributed by atoms with Crippen molar-refractivity contribution in [2.75, 3.05) is 13.7 Å². The van der Waals surface area contributed by atoms with E-state index in [1.54, 1.807) is 7.11 Å². The lowest BCUT2D eigenvalue weighted by Crippen LogP contribution is -2.13. The summed E-state index contributed by atoms with van der Waals surface area (Å²) in [4.78, 5) is 0. The Bertz CT molecular complexity index is 310. The van der Waals surface area contributed by atoms with Crippen molar-refractivity contribution in [3.63, 3.8) is 0 Å². The van der Waals surface area contributed by atoms with E-state index in [0.717, 1.165) is 31.0 Å². The van der Waals surface area contributed by atoms with Crippen molar-refractivity contribution in [2.45, 2.75) is 45.0 Å². The van der Waals surface area contributed by atoms with Gasteiger partial charge in [-0.2, -0.15) is 0 Å². The summed E-state index contributed by atoms with van der Waals surface area (Å²) in [5, 5.41) is 8.38. The Hall–Kier alpha value is -0.610. The summed E-state index contributed by atoms with van der Waals surface area (Å²) >= 11 is 5.85. The molecule has 1 aromatic heterocycles. The molecule has 5 heteroatoms. The van der Waals surface area contributed by atoms with Crippen LogP contribution in [0.2, 0.25) is 0 Å². The lowest BCUT2D eigenvalue weighted by atomic mass is 10.0. The smallest absolute Gasteiger partial charge is 0.148 e. The van der Waals surface area contributed by atoms with Gasteiger partial charge in [-0.15, -0.1) is 21.8 Å². The van der Waals surface area contributed by atoms with Gasteiger partial charge in [0.15, 0.2) is 0 Å².